The Bertz CT molecular complexity index is 485. The second-order valence-electron chi connectivity index (χ2n) is 3.60. The van der Waals surface area contributed by atoms with Crippen LogP contribution in [0.2, 0.25) is 0 Å². The van der Waals surface area contributed by atoms with Crippen molar-refractivity contribution in [2.24, 2.45) is 0 Å². The number of ether oxygens (including phenoxy) is 1. The SMILES string of the molecule is CCCOc1ccc(-c2cncnc2Br)cc1. The summed E-state index contributed by atoms with van der Waals surface area (Å²) in [4.78, 5) is 8.12. The van der Waals surface area contributed by atoms with Crippen LogP contribution in [-0.2, 0) is 0 Å². The highest BCUT2D eigenvalue weighted by molar-refractivity contribution is 9.10. The van der Waals surface area contributed by atoms with Gasteiger partial charge < -0.3 is 4.74 Å². The normalized spacial score (nSPS) is 10.2. The maximum Gasteiger partial charge on any atom is 0.119 e. The van der Waals surface area contributed by atoms with E-state index in [2.05, 4.69) is 32.8 Å². The van der Waals surface area contributed by atoms with Gasteiger partial charge in [-0.3, -0.25) is 0 Å². The third kappa shape index (κ3) is 3.03. The summed E-state index contributed by atoms with van der Waals surface area (Å²) in [5.41, 5.74) is 2.05. The van der Waals surface area contributed by atoms with Gasteiger partial charge in [0.25, 0.3) is 0 Å². The zero-order valence-electron chi connectivity index (χ0n) is 9.56. The van der Waals surface area contributed by atoms with Crippen LogP contribution in [0.5, 0.6) is 5.75 Å². The quantitative estimate of drug-likeness (QED) is 0.806. The predicted octanol–water partition coefficient (Wildman–Crippen LogP) is 3.69. The molecule has 0 atom stereocenters. The number of rotatable bonds is 4. The van der Waals surface area contributed by atoms with E-state index in [1.165, 1.54) is 6.33 Å². The lowest BCUT2D eigenvalue weighted by molar-refractivity contribution is 0.317. The molecule has 0 spiro atoms. The van der Waals surface area contributed by atoms with Crippen LogP contribution in [0.3, 0.4) is 0 Å². The van der Waals surface area contributed by atoms with Crippen molar-refractivity contribution in [1.82, 2.24) is 9.97 Å². The average Bonchev–Trinajstić information content (AvgIpc) is 2.38. The highest BCUT2D eigenvalue weighted by Gasteiger charge is 2.04. The van der Waals surface area contributed by atoms with Crippen molar-refractivity contribution in [2.45, 2.75) is 13.3 Å². The van der Waals surface area contributed by atoms with Crippen molar-refractivity contribution in [1.29, 1.82) is 0 Å². The van der Waals surface area contributed by atoms with E-state index in [9.17, 15) is 0 Å². The van der Waals surface area contributed by atoms with Crippen molar-refractivity contribution >= 4 is 15.9 Å². The molecule has 1 aromatic carbocycles. The van der Waals surface area contributed by atoms with Crippen molar-refractivity contribution in [3.05, 3.63) is 41.4 Å². The maximum absolute atomic E-state index is 5.53. The van der Waals surface area contributed by atoms with Gasteiger partial charge in [-0.25, -0.2) is 9.97 Å². The first-order valence-electron chi connectivity index (χ1n) is 5.50. The number of halogens is 1. The summed E-state index contributed by atoms with van der Waals surface area (Å²) < 4.78 is 6.33. The molecule has 0 aliphatic heterocycles. The Morgan fingerprint density at radius 1 is 1.24 bits per heavy atom. The number of benzene rings is 1. The monoisotopic (exact) mass is 292 g/mol. The Morgan fingerprint density at radius 3 is 2.65 bits per heavy atom. The van der Waals surface area contributed by atoms with E-state index in [-0.39, 0.29) is 0 Å². The molecule has 17 heavy (non-hydrogen) atoms. The molecule has 0 fully saturated rings. The molecular formula is C13H13BrN2O. The lowest BCUT2D eigenvalue weighted by Crippen LogP contribution is -1.94. The highest BCUT2D eigenvalue weighted by atomic mass is 79.9. The number of hydrogen-bond acceptors (Lipinski definition) is 3. The molecule has 3 nitrogen and oxygen atoms in total. The van der Waals surface area contributed by atoms with Crippen LogP contribution in [0.4, 0.5) is 0 Å². The fourth-order valence-corrected chi connectivity index (χ4v) is 1.88. The van der Waals surface area contributed by atoms with Crippen molar-refractivity contribution in [3.8, 4) is 16.9 Å². The molecule has 0 aliphatic rings. The van der Waals surface area contributed by atoms with Gasteiger partial charge in [0.1, 0.15) is 16.7 Å². The van der Waals surface area contributed by atoms with Gasteiger partial charge >= 0.3 is 0 Å². The molecule has 1 aromatic heterocycles. The first-order valence-corrected chi connectivity index (χ1v) is 6.29. The van der Waals surface area contributed by atoms with Gasteiger partial charge in [-0.2, -0.15) is 0 Å². The average molecular weight is 293 g/mol. The van der Waals surface area contributed by atoms with Crippen LogP contribution in [0.25, 0.3) is 11.1 Å². The number of hydrogen-bond donors (Lipinski definition) is 0. The van der Waals surface area contributed by atoms with Crippen LogP contribution < -0.4 is 4.74 Å². The van der Waals surface area contributed by atoms with Crippen molar-refractivity contribution < 1.29 is 4.74 Å². The molecule has 0 bridgehead atoms. The van der Waals surface area contributed by atoms with Crippen LogP contribution in [0, 0.1) is 0 Å². The van der Waals surface area contributed by atoms with Gasteiger partial charge in [-0.15, -0.1) is 0 Å². The molecule has 2 aromatic rings. The second kappa shape index (κ2) is 5.77. The molecule has 0 saturated carbocycles. The first kappa shape index (κ1) is 12.0. The summed E-state index contributed by atoms with van der Waals surface area (Å²) in [5, 5.41) is 0. The molecule has 0 saturated heterocycles. The maximum atomic E-state index is 5.53. The van der Waals surface area contributed by atoms with Crippen LogP contribution in [0.15, 0.2) is 41.4 Å². The van der Waals surface area contributed by atoms with Gasteiger partial charge in [-0.1, -0.05) is 19.1 Å². The summed E-state index contributed by atoms with van der Waals surface area (Å²) in [5.74, 6) is 0.892. The van der Waals surface area contributed by atoms with E-state index in [0.29, 0.717) is 0 Å². The highest BCUT2D eigenvalue weighted by Crippen LogP contribution is 2.26. The lowest BCUT2D eigenvalue weighted by atomic mass is 10.1. The Labute approximate surface area is 109 Å². The Morgan fingerprint density at radius 2 is 2.00 bits per heavy atom. The third-order valence-corrected chi connectivity index (χ3v) is 2.93. The summed E-state index contributed by atoms with van der Waals surface area (Å²) in [7, 11) is 0. The van der Waals surface area contributed by atoms with E-state index in [4.69, 9.17) is 4.74 Å². The lowest BCUT2D eigenvalue weighted by Gasteiger charge is -2.06. The minimum Gasteiger partial charge on any atom is -0.494 e. The smallest absolute Gasteiger partial charge is 0.119 e. The van der Waals surface area contributed by atoms with Crippen LogP contribution in [0.1, 0.15) is 13.3 Å². The predicted molar refractivity (Wildman–Crippen MR) is 71.0 cm³/mol. The van der Waals surface area contributed by atoms with Gasteiger partial charge in [0, 0.05) is 11.8 Å². The van der Waals surface area contributed by atoms with Crippen molar-refractivity contribution in [2.75, 3.05) is 6.61 Å². The van der Waals surface area contributed by atoms with Gasteiger partial charge in [0.2, 0.25) is 0 Å². The minimum absolute atomic E-state index is 0.748. The van der Waals surface area contributed by atoms with Gasteiger partial charge in [0.05, 0.1) is 6.61 Å². The molecule has 1 heterocycles. The standard InChI is InChI=1S/C13H13BrN2O/c1-2-7-17-11-5-3-10(4-6-11)12-8-15-9-16-13(12)14/h3-6,8-9H,2,7H2,1H3. The summed E-state index contributed by atoms with van der Waals surface area (Å²) in [6.07, 6.45) is 4.32. The van der Waals surface area contributed by atoms with E-state index in [0.717, 1.165) is 34.5 Å². The Balaban J connectivity index is 2.21. The van der Waals surface area contributed by atoms with E-state index < -0.39 is 0 Å². The zero-order chi connectivity index (χ0) is 12.1. The summed E-state index contributed by atoms with van der Waals surface area (Å²) in [6.45, 7) is 2.84. The fraction of sp³-hybridized carbons (Fsp3) is 0.231. The Hall–Kier alpha value is -1.42. The molecular weight excluding hydrogens is 280 g/mol. The largest absolute Gasteiger partial charge is 0.494 e. The molecule has 2 rings (SSSR count). The summed E-state index contributed by atoms with van der Waals surface area (Å²) in [6, 6.07) is 7.94. The molecule has 0 unspecified atom stereocenters. The first-order chi connectivity index (χ1) is 8.31. The molecule has 0 aliphatic carbocycles. The third-order valence-electron chi connectivity index (χ3n) is 2.30. The fourth-order valence-electron chi connectivity index (χ4n) is 1.46. The molecule has 0 N–H and O–H groups in total. The zero-order valence-corrected chi connectivity index (χ0v) is 11.1. The molecule has 0 amide bonds. The van der Waals surface area contributed by atoms with E-state index in [1.54, 1.807) is 6.20 Å². The minimum atomic E-state index is 0.748. The van der Waals surface area contributed by atoms with Crippen molar-refractivity contribution in [3.63, 3.8) is 0 Å². The molecule has 4 heteroatoms. The van der Waals surface area contributed by atoms with Crippen LogP contribution >= 0.6 is 15.9 Å². The number of nitrogens with zero attached hydrogens (tertiary/aromatic N) is 2. The molecule has 0 radical (unpaired) electrons. The number of aromatic nitrogens is 2. The van der Waals surface area contributed by atoms with E-state index in [1.807, 2.05) is 24.3 Å². The molecule has 88 valence electrons. The topological polar surface area (TPSA) is 35.0 Å². The second-order valence-corrected chi connectivity index (χ2v) is 4.35. The van der Waals surface area contributed by atoms with Gasteiger partial charge in [0.15, 0.2) is 0 Å². The Kier molecular flexibility index (Phi) is 4.09. The van der Waals surface area contributed by atoms with Gasteiger partial charge in [-0.05, 0) is 40.0 Å². The van der Waals surface area contributed by atoms with E-state index >= 15 is 0 Å². The van der Waals surface area contributed by atoms with Crippen LogP contribution in [-0.4, -0.2) is 16.6 Å². The summed E-state index contributed by atoms with van der Waals surface area (Å²) >= 11 is 3.41.